The summed E-state index contributed by atoms with van der Waals surface area (Å²) in [6, 6.07) is 9.95. The highest BCUT2D eigenvalue weighted by Crippen LogP contribution is 2.24. The van der Waals surface area contributed by atoms with Gasteiger partial charge in [-0.3, -0.25) is 4.79 Å². The molecule has 1 aliphatic rings. The predicted molar refractivity (Wildman–Crippen MR) is 93.7 cm³/mol. The molecule has 2 N–H and O–H groups in total. The Balaban J connectivity index is 1.59. The van der Waals surface area contributed by atoms with Crippen molar-refractivity contribution in [3.05, 3.63) is 52.9 Å². The second-order valence-electron chi connectivity index (χ2n) is 6.88. The summed E-state index contributed by atoms with van der Waals surface area (Å²) in [4.78, 5) is 14.5. The predicted octanol–water partition coefficient (Wildman–Crippen LogP) is 1.93. The molecule has 1 aromatic carbocycles. The van der Waals surface area contributed by atoms with Crippen LogP contribution in [-0.4, -0.2) is 39.8 Å². The van der Waals surface area contributed by atoms with Crippen LogP contribution < -0.4 is 5.32 Å². The van der Waals surface area contributed by atoms with Gasteiger partial charge in [-0.05, 0) is 32.3 Å². The zero-order valence-corrected chi connectivity index (χ0v) is 14.8. The lowest BCUT2D eigenvalue weighted by Crippen LogP contribution is -2.57. The summed E-state index contributed by atoms with van der Waals surface area (Å²) in [6.07, 6.45) is 1.26. The number of aromatic nitrogens is 1. The second-order valence-corrected chi connectivity index (χ2v) is 6.88. The van der Waals surface area contributed by atoms with Crippen LogP contribution in [0.3, 0.4) is 0 Å². The van der Waals surface area contributed by atoms with Gasteiger partial charge in [0.25, 0.3) is 5.91 Å². The fourth-order valence-electron chi connectivity index (χ4n) is 3.31. The van der Waals surface area contributed by atoms with Gasteiger partial charge in [-0.25, -0.2) is 0 Å². The second kappa shape index (κ2) is 7.37. The van der Waals surface area contributed by atoms with Crippen molar-refractivity contribution < 1.29 is 14.4 Å². The Kier molecular flexibility index (Phi) is 5.20. The van der Waals surface area contributed by atoms with E-state index in [1.165, 1.54) is 5.56 Å². The van der Waals surface area contributed by atoms with Crippen LogP contribution in [0.15, 0.2) is 34.9 Å². The number of benzene rings is 1. The van der Waals surface area contributed by atoms with Crippen molar-refractivity contribution in [2.24, 2.45) is 0 Å². The average molecular weight is 343 g/mol. The molecule has 134 valence electrons. The summed E-state index contributed by atoms with van der Waals surface area (Å²) in [5.41, 5.74) is 1.66. The van der Waals surface area contributed by atoms with E-state index in [1.807, 2.05) is 38.1 Å². The van der Waals surface area contributed by atoms with E-state index in [-0.39, 0.29) is 12.5 Å². The third kappa shape index (κ3) is 4.27. The van der Waals surface area contributed by atoms with E-state index in [2.05, 4.69) is 16.5 Å². The molecule has 0 saturated carbocycles. The van der Waals surface area contributed by atoms with Crippen LogP contribution in [0.2, 0.25) is 0 Å². The van der Waals surface area contributed by atoms with E-state index in [1.54, 1.807) is 4.90 Å². The van der Waals surface area contributed by atoms with E-state index < -0.39 is 5.60 Å². The van der Waals surface area contributed by atoms with Crippen molar-refractivity contribution in [1.29, 1.82) is 0 Å². The number of hydrogen-bond acceptors (Lipinski definition) is 5. The van der Waals surface area contributed by atoms with Crippen molar-refractivity contribution in [3.63, 3.8) is 0 Å². The van der Waals surface area contributed by atoms with E-state index in [4.69, 9.17) is 4.52 Å². The van der Waals surface area contributed by atoms with Crippen molar-refractivity contribution in [1.82, 2.24) is 15.4 Å². The molecule has 6 heteroatoms. The van der Waals surface area contributed by atoms with Crippen LogP contribution in [0.25, 0.3) is 0 Å². The number of carbonyl (C=O) groups is 1. The highest BCUT2D eigenvalue weighted by molar-refractivity contribution is 5.86. The molecule has 25 heavy (non-hydrogen) atoms. The van der Waals surface area contributed by atoms with Crippen LogP contribution >= 0.6 is 0 Å². The minimum absolute atomic E-state index is 0.205. The first-order valence-corrected chi connectivity index (χ1v) is 8.66. The molecule has 1 saturated heterocycles. The van der Waals surface area contributed by atoms with Crippen LogP contribution in [-0.2, 0) is 17.9 Å². The highest BCUT2D eigenvalue weighted by atomic mass is 16.5. The Hall–Kier alpha value is -2.18. The standard InChI is InChI=1S/C19H25N3O3/c1-14-5-3-6-16(9-14)12-22-8-4-7-19(24,18(22)23)13-20-11-17-10-15(2)25-21-17/h3,5-6,9-10,20,24H,4,7-8,11-13H2,1-2H3. The number of nitrogens with one attached hydrogen (secondary N) is 1. The van der Waals surface area contributed by atoms with E-state index in [0.717, 1.165) is 23.4 Å². The lowest BCUT2D eigenvalue weighted by Gasteiger charge is -2.38. The molecular formula is C19H25N3O3. The first kappa shape index (κ1) is 17.6. The first-order chi connectivity index (χ1) is 12.0. The Bertz CT molecular complexity index is 743. The zero-order chi connectivity index (χ0) is 17.9. The Labute approximate surface area is 147 Å². The summed E-state index contributed by atoms with van der Waals surface area (Å²) >= 11 is 0. The van der Waals surface area contributed by atoms with Gasteiger partial charge in [-0.1, -0.05) is 35.0 Å². The first-order valence-electron chi connectivity index (χ1n) is 8.66. The molecule has 1 aromatic heterocycles. The molecule has 1 fully saturated rings. The van der Waals surface area contributed by atoms with Gasteiger partial charge < -0.3 is 19.8 Å². The van der Waals surface area contributed by atoms with Gasteiger partial charge in [-0.2, -0.15) is 0 Å². The summed E-state index contributed by atoms with van der Waals surface area (Å²) in [5, 5.41) is 17.9. The number of carbonyl (C=O) groups excluding carboxylic acids is 1. The number of piperidine rings is 1. The molecule has 2 aromatic rings. The van der Waals surface area contributed by atoms with Crippen molar-refractivity contribution in [2.75, 3.05) is 13.1 Å². The van der Waals surface area contributed by atoms with Gasteiger partial charge in [0, 0.05) is 32.2 Å². The lowest BCUT2D eigenvalue weighted by molar-refractivity contribution is -0.157. The van der Waals surface area contributed by atoms with Gasteiger partial charge in [0.2, 0.25) is 0 Å². The number of aryl methyl sites for hydroxylation is 2. The van der Waals surface area contributed by atoms with E-state index >= 15 is 0 Å². The van der Waals surface area contributed by atoms with Gasteiger partial charge in [0.1, 0.15) is 5.76 Å². The molecule has 0 radical (unpaired) electrons. The van der Waals surface area contributed by atoms with Crippen molar-refractivity contribution >= 4 is 5.91 Å². The SMILES string of the molecule is Cc1cccc(CN2CCCC(O)(CNCc3cc(C)on3)C2=O)c1. The number of aliphatic hydroxyl groups is 1. The quantitative estimate of drug-likeness (QED) is 0.838. The zero-order valence-electron chi connectivity index (χ0n) is 14.8. The topological polar surface area (TPSA) is 78.6 Å². The number of hydrogen-bond donors (Lipinski definition) is 2. The largest absolute Gasteiger partial charge is 0.379 e. The Morgan fingerprint density at radius 1 is 1.36 bits per heavy atom. The van der Waals surface area contributed by atoms with Crippen molar-refractivity contribution in [3.8, 4) is 0 Å². The van der Waals surface area contributed by atoms with E-state index in [0.29, 0.717) is 26.1 Å². The van der Waals surface area contributed by atoms with Gasteiger partial charge >= 0.3 is 0 Å². The van der Waals surface area contributed by atoms with Gasteiger partial charge in [-0.15, -0.1) is 0 Å². The summed E-state index contributed by atoms with van der Waals surface area (Å²) in [6.45, 7) is 5.75. The number of nitrogens with zero attached hydrogens (tertiary/aromatic N) is 2. The number of rotatable bonds is 6. The molecule has 1 unspecified atom stereocenters. The minimum atomic E-state index is -1.36. The van der Waals surface area contributed by atoms with Crippen LogP contribution in [0.4, 0.5) is 0 Å². The van der Waals surface area contributed by atoms with Gasteiger partial charge in [0.15, 0.2) is 5.60 Å². The third-order valence-electron chi connectivity index (χ3n) is 4.56. The fourth-order valence-corrected chi connectivity index (χ4v) is 3.31. The van der Waals surface area contributed by atoms with Crippen LogP contribution in [0, 0.1) is 13.8 Å². The molecule has 6 nitrogen and oxygen atoms in total. The Morgan fingerprint density at radius 2 is 2.20 bits per heavy atom. The molecule has 1 amide bonds. The van der Waals surface area contributed by atoms with Crippen LogP contribution in [0.1, 0.15) is 35.4 Å². The molecule has 2 heterocycles. The average Bonchev–Trinajstić information content (AvgIpc) is 2.98. The van der Waals surface area contributed by atoms with Gasteiger partial charge in [0.05, 0.1) is 5.69 Å². The molecule has 0 bridgehead atoms. The molecule has 0 spiro atoms. The van der Waals surface area contributed by atoms with Crippen molar-refractivity contribution in [2.45, 2.75) is 45.4 Å². The smallest absolute Gasteiger partial charge is 0.256 e. The highest BCUT2D eigenvalue weighted by Gasteiger charge is 2.41. The normalized spacial score (nSPS) is 20.9. The van der Waals surface area contributed by atoms with Crippen LogP contribution in [0.5, 0.6) is 0 Å². The minimum Gasteiger partial charge on any atom is -0.379 e. The maximum Gasteiger partial charge on any atom is 0.256 e. The molecule has 3 rings (SSSR count). The number of likely N-dealkylation sites (tertiary alicyclic amines) is 1. The molecule has 0 aliphatic carbocycles. The van der Waals surface area contributed by atoms with E-state index in [9.17, 15) is 9.90 Å². The molecule has 1 atom stereocenters. The maximum atomic E-state index is 12.8. The maximum absolute atomic E-state index is 12.8. The summed E-state index contributed by atoms with van der Waals surface area (Å²) < 4.78 is 5.02. The Morgan fingerprint density at radius 3 is 2.92 bits per heavy atom. The number of amides is 1. The molecular weight excluding hydrogens is 318 g/mol. The lowest BCUT2D eigenvalue weighted by atomic mass is 9.91. The molecule has 1 aliphatic heterocycles. The fraction of sp³-hybridized carbons (Fsp3) is 0.474. The summed E-state index contributed by atoms with van der Waals surface area (Å²) in [5.74, 6) is 0.540. The summed E-state index contributed by atoms with van der Waals surface area (Å²) in [7, 11) is 0. The third-order valence-corrected chi connectivity index (χ3v) is 4.56. The monoisotopic (exact) mass is 343 g/mol.